The van der Waals surface area contributed by atoms with Gasteiger partial charge in [-0.05, 0) is 48.6 Å². The van der Waals surface area contributed by atoms with Crippen LogP contribution in [0.15, 0.2) is 12.1 Å². The SMILES string of the molecule is CCNC(=O)c1cc(I)c(OCC)c(OC)c1. The molecule has 0 aliphatic rings. The van der Waals surface area contributed by atoms with Gasteiger partial charge in [0.1, 0.15) is 0 Å². The number of hydrogen-bond donors (Lipinski definition) is 1. The van der Waals surface area contributed by atoms with Crippen LogP contribution in [0.5, 0.6) is 11.5 Å². The Kier molecular flexibility index (Phi) is 5.54. The van der Waals surface area contributed by atoms with Gasteiger partial charge in [-0.3, -0.25) is 4.79 Å². The van der Waals surface area contributed by atoms with Gasteiger partial charge in [0, 0.05) is 12.1 Å². The minimum Gasteiger partial charge on any atom is -0.493 e. The van der Waals surface area contributed by atoms with Crippen LogP contribution in [-0.4, -0.2) is 26.2 Å². The van der Waals surface area contributed by atoms with Crippen molar-refractivity contribution in [1.29, 1.82) is 0 Å². The van der Waals surface area contributed by atoms with Gasteiger partial charge in [-0.1, -0.05) is 0 Å². The quantitative estimate of drug-likeness (QED) is 0.831. The average Bonchev–Trinajstić information content (AvgIpc) is 2.31. The largest absolute Gasteiger partial charge is 0.493 e. The molecule has 0 atom stereocenters. The highest BCUT2D eigenvalue weighted by molar-refractivity contribution is 14.1. The van der Waals surface area contributed by atoms with Gasteiger partial charge in [0.15, 0.2) is 11.5 Å². The van der Waals surface area contributed by atoms with E-state index in [1.807, 2.05) is 13.8 Å². The van der Waals surface area contributed by atoms with Crippen LogP contribution in [0.25, 0.3) is 0 Å². The second-order valence-electron chi connectivity index (χ2n) is 3.28. The number of rotatable bonds is 5. The first kappa shape index (κ1) is 14.1. The van der Waals surface area contributed by atoms with Crippen molar-refractivity contribution in [3.8, 4) is 11.5 Å². The first-order valence-electron chi connectivity index (χ1n) is 5.42. The van der Waals surface area contributed by atoms with Crippen LogP contribution in [0.2, 0.25) is 0 Å². The predicted molar refractivity (Wildman–Crippen MR) is 74.9 cm³/mol. The maximum atomic E-state index is 11.7. The summed E-state index contributed by atoms with van der Waals surface area (Å²) in [6, 6.07) is 3.48. The van der Waals surface area contributed by atoms with E-state index in [-0.39, 0.29) is 5.91 Å². The number of ether oxygens (including phenoxy) is 2. The van der Waals surface area contributed by atoms with Gasteiger partial charge in [0.2, 0.25) is 0 Å². The number of amides is 1. The normalized spacial score (nSPS) is 9.88. The Morgan fingerprint density at radius 2 is 2.12 bits per heavy atom. The first-order chi connectivity index (χ1) is 8.13. The van der Waals surface area contributed by atoms with E-state index in [9.17, 15) is 4.79 Å². The molecule has 1 rings (SSSR count). The fourth-order valence-electron chi connectivity index (χ4n) is 1.40. The molecule has 1 amide bonds. The Morgan fingerprint density at radius 1 is 1.41 bits per heavy atom. The third kappa shape index (κ3) is 3.49. The fraction of sp³-hybridized carbons (Fsp3) is 0.417. The maximum Gasteiger partial charge on any atom is 0.251 e. The van der Waals surface area contributed by atoms with Gasteiger partial charge in [0.25, 0.3) is 5.91 Å². The van der Waals surface area contributed by atoms with Gasteiger partial charge >= 0.3 is 0 Å². The lowest BCUT2D eigenvalue weighted by atomic mass is 10.2. The van der Waals surface area contributed by atoms with Crippen LogP contribution in [-0.2, 0) is 0 Å². The van der Waals surface area contributed by atoms with Crippen LogP contribution in [0.3, 0.4) is 0 Å². The molecule has 0 aliphatic carbocycles. The molecule has 1 N–H and O–H groups in total. The minimum atomic E-state index is -0.105. The van der Waals surface area contributed by atoms with E-state index >= 15 is 0 Å². The molecule has 5 heteroatoms. The van der Waals surface area contributed by atoms with Gasteiger partial charge in [-0.15, -0.1) is 0 Å². The summed E-state index contributed by atoms with van der Waals surface area (Å²) in [5.74, 6) is 1.16. The number of methoxy groups -OCH3 is 1. The Morgan fingerprint density at radius 3 is 2.65 bits per heavy atom. The molecule has 0 saturated carbocycles. The molecule has 0 aromatic heterocycles. The maximum absolute atomic E-state index is 11.7. The van der Waals surface area contributed by atoms with Crippen molar-refractivity contribution in [2.75, 3.05) is 20.3 Å². The van der Waals surface area contributed by atoms with Crippen LogP contribution >= 0.6 is 22.6 Å². The minimum absolute atomic E-state index is 0.105. The number of halogens is 1. The zero-order chi connectivity index (χ0) is 12.8. The van der Waals surface area contributed by atoms with E-state index in [2.05, 4.69) is 27.9 Å². The topological polar surface area (TPSA) is 47.6 Å². The van der Waals surface area contributed by atoms with Gasteiger partial charge in [-0.25, -0.2) is 0 Å². The summed E-state index contributed by atoms with van der Waals surface area (Å²) in [5, 5.41) is 2.75. The predicted octanol–water partition coefficient (Wildman–Crippen LogP) is 2.45. The lowest BCUT2D eigenvalue weighted by molar-refractivity contribution is 0.0955. The average molecular weight is 349 g/mol. The monoisotopic (exact) mass is 349 g/mol. The second kappa shape index (κ2) is 6.68. The highest BCUT2D eigenvalue weighted by Gasteiger charge is 2.14. The van der Waals surface area contributed by atoms with E-state index in [4.69, 9.17) is 9.47 Å². The lowest BCUT2D eigenvalue weighted by Crippen LogP contribution is -2.22. The van der Waals surface area contributed by atoms with Crippen LogP contribution in [0.4, 0.5) is 0 Å². The molecule has 0 heterocycles. The molecule has 0 fully saturated rings. The van der Waals surface area contributed by atoms with Crippen LogP contribution < -0.4 is 14.8 Å². The number of nitrogens with one attached hydrogen (secondary N) is 1. The van der Waals surface area contributed by atoms with Gasteiger partial charge < -0.3 is 14.8 Å². The molecule has 0 bridgehead atoms. The van der Waals surface area contributed by atoms with E-state index in [0.29, 0.717) is 30.2 Å². The van der Waals surface area contributed by atoms with E-state index < -0.39 is 0 Å². The molecule has 0 saturated heterocycles. The smallest absolute Gasteiger partial charge is 0.251 e. The molecule has 0 radical (unpaired) electrons. The van der Waals surface area contributed by atoms with Crippen LogP contribution in [0.1, 0.15) is 24.2 Å². The standard InChI is InChI=1S/C12H16INO3/c1-4-14-12(15)8-6-9(13)11(17-5-2)10(7-8)16-3/h6-7H,4-5H2,1-3H3,(H,14,15). The van der Waals surface area contributed by atoms with Crippen molar-refractivity contribution in [3.05, 3.63) is 21.3 Å². The molecule has 1 aromatic carbocycles. The van der Waals surface area contributed by atoms with Crippen molar-refractivity contribution < 1.29 is 14.3 Å². The highest BCUT2D eigenvalue weighted by atomic mass is 127. The van der Waals surface area contributed by atoms with Crippen molar-refractivity contribution in [1.82, 2.24) is 5.32 Å². The Bertz CT molecular complexity index is 407. The van der Waals surface area contributed by atoms with E-state index in [1.54, 1.807) is 19.2 Å². The summed E-state index contributed by atoms with van der Waals surface area (Å²) in [5.41, 5.74) is 0.580. The van der Waals surface area contributed by atoms with Crippen LogP contribution in [0, 0.1) is 3.57 Å². The Balaban J connectivity index is 3.12. The third-order valence-electron chi connectivity index (χ3n) is 2.12. The number of carbonyl (C=O) groups excluding carboxylic acids is 1. The van der Waals surface area contributed by atoms with Gasteiger partial charge in [-0.2, -0.15) is 0 Å². The van der Waals surface area contributed by atoms with E-state index in [0.717, 1.165) is 3.57 Å². The molecule has 17 heavy (non-hydrogen) atoms. The summed E-state index contributed by atoms with van der Waals surface area (Å²) in [6.45, 7) is 4.96. The number of hydrogen-bond acceptors (Lipinski definition) is 3. The molecule has 0 spiro atoms. The Labute approximate surface area is 115 Å². The second-order valence-corrected chi connectivity index (χ2v) is 4.44. The molecular formula is C12H16INO3. The zero-order valence-electron chi connectivity index (χ0n) is 10.2. The summed E-state index contributed by atoms with van der Waals surface area (Å²) < 4.78 is 11.6. The highest BCUT2D eigenvalue weighted by Crippen LogP contribution is 2.33. The summed E-state index contributed by atoms with van der Waals surface area (Å²) >= 11 is 2.14. The molecule has 94 valence electrons. The van der Waals surface area contributed by atoms with Crippen molar-refractivity contribution >= 4 is 28.5 Å². The molecule has 1 aromatic rings. The number of benzene rings is 1. The molecule has 0 unspecified atom stereocenters. The number of carbonyl (C=O) groups is 1. The third-order valence-corrected chi connectivity index (χ3v) is 2.92. The van der Waals surface area contributed by atoms with Gasteiger partial charge in [0.05, 0.1) is 17.3 Å². The summed E-state index contributed by atoms with van der Waals surface area (Å²) in [6.07, 6.45) is 0. The molecular weight excluding hydrogens is 333 g/mol. The van der Waals surface area contributed by atoms with Crippen molar-refractivity contribution in [2.45, 2.75) is 13.8 Å². The molecule has 0 aliphatic heterocycles. The lowest BCUT2D eigenvalue weighted by Gasteiger charge is -2.13. The summed E-state index contributed by atoms with van der Waals surface area (Å²) in [4.78, 5) is 11.7. The van der Waals surface area contributed by atoms with Crippen molar-refractivity contribution in [3.63, 3.8) is 0 Å². The first-order valence-corrected chi connectivity index (χ1v) is 6.50. The van der Waals surface area contributed by atoms with Crippen molar-refractivity contribution in [2.24, 2.45) is 0 Å². The Hall–Kier alpha value is -0.980. The van der Waals surface area contributed by atoms with E-state index in [1.165, 1.54) is 0 Å². The fourth-order valence-corrected chi connectivity index (χ4v) is 2.15. The zero-order valence-corrected chi connectivity index (χ0v) is 12.3. The summed E-state index contributed by atoms with van der Waals surface area (Å²) in [7, 11) is 1.56. The molecule has 4 nitrogen and oxygen atoms in total.